The van der Waals surface area contributed by atoms with E-state index < -0.39 is 0 Å². The topological polar surface area (TPSA) is 41.5 Å². The van der Waals surface area contributed by atoms with E-state index in [4.69, 9.17) is 23.2 Å². The van der Waals surface area contributed by atoms with E-state index in [-0.39, 0.29) is 0 Å². The molecule has 0 aliphatic heterocycles. The summed E-state index contributed by atoms with van der Waals surface area (Å²) >= 11 is 11.7. The lowest BCUT2D eigenvalue weighted by atomic mass is 10.2. The summed E-state index contributed by atoms with van der Waals surface area (Å²) in [5, 5.41) is 3.94. The minimum absolute atomic E-state index is 0.366. The van der Waals surface area contributed by atoms with Gasteiger partial charge >= 0.3 is 0 Å². The van der Waals surface area contributed by atoms with Gasteiger partial charge in [0.05, 0.1) is 15.7 Å². The van der Waals surface area contributed by atoms with Crippen LogP contribution in [0.15, 0.2) is 17.1 Å². The van der Waals surface area contributed by atoms with Crippen LogP contribution in [0.2, 0.25) is 10.0 Å². The van der Waals surface area contributed by atoms with E-state index in [0.717, 1.165) is 6.54 Å². The molecule has 86 valence electrons. The van der Waals surface area contributed by atoms with E-state index in [1.54, 1.807) is 6.07 Å². The maximum atomic E-state index is 10.3. The zero-order valence-electron chi connectivity index (χ0n) is 9.05. The Morgan fingerprint density at radius 1 is 1.38 bits per heavy atom. The van der Waals surface area contributed by atoms with E-state index in [1.807, 2.05) is 0 Å². The van der Waals surface area contributed by atoms with Crippen LogP contribution in [0.5, 0.6) is 0 Å². The van der Waals surface area contributed by atoms with Crippen LogP contribution in [0.4, 0.5) is 11.4 Å². The molecule has 0 radical (unpaired) electrons. The van der Waals surface area contributed by atoms with Gasteiger partial charge in [-0.15, -0.1) is 0 Å². The number of halogens is 2. The summed E-state index contributed by atoms with van der Waals surface area (Å²) in [5.74, 6) is 0.475. The number of anilines is 1. The van der Waals surface area contributed by atoms with Crippen molar-refractivity contribution in [3.8, 4) is 0 Å². The van der Waals surface area contributed by atoms with Crippen molar-refractivity contribution in [2.75, 3.05) is 11.9 Å². The molecule has 3 nitrogen and oxygen atoms in total. The van der Waals surface area contributed by atoms with Gasteiger partial charge in [0.2, 0.25) is 6.08 Å². The molecule has 1 N–H and O–H groups in total. The van der Waals surface area contributed by atoms with E-state index >= 15 is 0 Å². The first-order chi connectivity index (χ1) is 7.54. The van der Waals surface area contributed by atoms with Gasteiger partial charge in [-0.3, -0.25) is 0 Å². The van der Waals surface area contributed by atoms with Gasteiger partial charge in [0.1, 0.15) is 5.69 Å². The summed E-state index contributed by atoms with van der Waals surface area (Å²) in [6.45, 7) is 4.92. The van der Waals surface area contributed by atoms with Crippen LogP contribution < -0.4 is 5.32 Å². The molecule has 0 fully saturated rings. The van der Waals surface area contributed by atoms with Crippen molar-refractivity contribution < 1.29 is 4.79 Å². The van der Waals surface area contributed by atoms with Crippen LogP contribution >= 0.6 is 23.2 Å². The maximum absolute atomic E-state index is 10.3. The van der Waals surface area contributed by atoms with Crippen molar-refractivity contribution in [1.82, 2.24) is 0 Å². The molecule has 0 unspecified atom stereocenters. The molecule has 0 heterocycles. The van der Waals surface area contributed by atoms with Crippen LogP contribution in [-0.4, -0.2) is 12.6 Å². The summed E-state index contributed by atoms with van der Waals surface area (Å²) in [7, 11) is 0. The second-order valence-electron chi connectivity index (χ2n) is 3.76. The number of aliphatic imine (C=N–C) groups is 1. The third-order valence-electron chi connectivity index (χ3n) is 1.91. The number of benzene rings is 1. The molecule has 0 aromatic heterocycles. The molecule has 0 bridgehead atoms. The highest BCUT2D eigenvalue weighted by Crippen LogP contribution is 2.34. The Labute approximate surface area is 104 Å². The van der Waals surface area contributed by atoms with Gasteiger partial charge in [0.15, 0.2) is 0 Å². The number of rotatable bonds is 4. The fourth-order valence-corrected chi connectivity index (χ4v) is 1.46. The standard InChI is InChI=1S/C11H12Cl2N2O/c1-7(2)5-14-10-3-8(12)9(13)4-11(10)15-6-16/h3-4,7,14H,5H2,1-2H3. The molecule has 16 heavy (non-hydrogen) atoms. The highest BCUT2D eigenvalue weighted by atomic mass is 35.5. The molecule has 0 saturated heterocycles. The highest BCUT2D eigenvalue weighted by Gasteiger charge is 2.07. The predicted octanol–water partition coefficient (Wildman–Crippen LogP) is 4.03. The van der Waals surface area contributed by atoms with Crippen molar-refractivity contribution >= 4 is 40.7 Å². The van der Waals surface area contributed by atoms with Crippen molar-refractivity contribution in [2.45, 2.75) is 13.8 Å². The predicted molar refractivity (Wildman–Crippen MR) is 67.6 cm³/mol. The molecule has 1 rings (SSSR count). The monoisotopic (exact) mass is 258 g/mol. The average Bonchev–Trinajstić information content (AvgIpc) is 2.21. The minimum atomic E-state index is 0.366. The van der Waals surface area contributed by atoms with Crippen molar-refractivity contribution in [3.63, 3.8) is 0 Å². The summed E-state index contributed by atoms with van der Waals surface area (Å²) in [4.78, 5) is 13.8. The van der Waals surface area contributed by atoms with Gasteiger partial charge in [-0.05, 0) is 18.1 Å². The van der Waals surface area contributed by atoms with Crippen LogP contribution in [0.25, 0.3) is 0 Å². The van der Waals surface area contributed by atoms with Gasteiger partial charge in [-0.2, -0.15) is 4.99 Å². The second-order valence-corrected chi connectivity index (χ2v) is 4.58. The highest BCUT2D eigenvalue weighted by molar-refractivity contribution is 6.42. The molecule has 0 amide bonds. The molecular weight excluding hydrogens is 247 g/mol. The Hall–Kier alpha value is -1.02. The summed E-state index contributed by atoms with van der Waals surface area (Å²) in [5.41, 5.74) is 1.14. The Kier molecular flexibility index (Phi) is 4.81. The zero-order chi connectivity index (χ0) is 12.1. The molecule has 0 atom stereocenters. The average molecular weight is 259 g/mol. The van der Waals surface area contributed by atoms with Crippen molar-refractivity contribution in [2.24, 2.45) is 10.9 Å². The second kappa shape index (κ2) is 5.90. The molecule has 0 aliphatic carbocycles. The number of carbonyl (C=O) groups excluding carboxylic acids is 1. The molecule has 1 aromatic rings. The van der Waals surface area contributed by atoms with Crippen LogP contribution in [0.1, 0.15) is 13.8 Å². The number of isocyanates is 1. The fraction of sp³-hybridized carbons (Fsp3) is 0.364. The Balaban J connectivity index is 3.04. The first-order valence-corrected chi connectivity index (χ1v) is 5.61. The molecule has 0 saturated carbocycles. The number of hydrogen-bond acceptors (Lipinski definition) is 3. The normalized spacial score (nSPS) is 10.1. The summed E-state index contributed by atoms with van der Waals surface area (Å²) in [6, 6.07) is 3.19. The first-order valence-electron chi connectivity index (χ1n) is 4.85. The lowest BCUT2D eigenvalue weighted by Crippen LogP contribution is -2.07. The molecular formula is C11H12Cl2N2O. The minimum Gasteiger partial charge on any atom is -0.383 e. The Morgan fingerprint density at radius 3 is 2.56 bits per heavy atom. The van der Waals surface area contributed by atoms with Crippen LogP contribution in [0.3, 0.4) is 0 Å². The Morgan fingerprint density at radius 2 is 2.00 bits per heavy atom. The summed E-state index contributed by atoms with van der Waals surface area (Å²) in [6.07, 6.45) is 1.49. The van der Waals surface area contributed by atoms with Crippen LogP contribution in [-0.2, 0) is 4.79 Å². The maximum Gasteiger partial charge on any atom is 0.240 e. The van der Waals surface area contributed by atoms with E-state index in [0.29, 0.717) is 27.3 Å². The number of nitrogens with zero attached hydrogens (tertiary/aromatic N) is 1. The third kappa shape index (κ3) is 3.53. The number of nitrogens with one attached hydrogen (secondary N) is 1. The fourth-order valence-electron chi connectivity index (χ4n) is 1.13. The van der Waals surface area contributed by atoms with Gasteiger partial charge in [0, 0.05) is 6.54 Å². The Bertz CT molecular complexity index is 426. The lowest BCUT2D eigenvalue weighted by Gasteiger charge is -2.11. The van der Waals surface area contributed by atoms with E-state index in [9.17, 15) is 4.79 Å². The van der Waals surface area contributed by atoms with Gasteiger partial charge in [-0.25, -0.2) is 4.79 Å². The van der Waals surface area contributed by atoms with Crippen molar-refractivity contribution in [3.05, 3.63) is 22.2 Å². The van der Waals surface area contributed by atoms with Gasteiger partial charge in [-0.1, -0.05) is 37.0 Å². The smallest absolute Gasteiger partial charge is 0.240 e. The third-order valence-corrected chi connectivity index (χ3v) is 2.63. The molecule has 0 aliphatic rings. The molecule has 1 aromatic carbocycles. The van der Waals surface area contributed by atoms with Gasteiger partial charge in [0.25, 0.3) is 0 Å². The van der Waals surface area contributed by atoms with Gasteiger partial charge < -0.3 is 5.32 Å². The van der Waals surface area contributed by atoms with Crippen molar-refractivity contribution in [1.29, 1.82) is 0 Å². The molecule has 0 spiro atoms. The van der Waals surface area contributed by atoms with E-state index in [2.05, 4.69) is 24.2 Å². The lowest BCUT2D eigenvalue weighted by molar-refractivity contribution is 0.565. The zero-order valence-corrected chi connectivity index (χ0v) is 10.6. The van der Waals surface area contributed by atoms with Crippen LogP contribution in [0, 0.1) is 5.92 Å². The molecule has 5 heteroatoms. The van der Waals surface area contributed by atoms with E-state index in [1.165, 1.54) is 12.1 Å². The largest absolute Gasteiger partial charge is 0.383 e. The number of hydrogen-bond donors (Lipinski definition) is 1. The first kappa shape index (κ1) is 13.0. The summed E-state index contributed by atoms with van der Waals surface area (Å²) < 4.78 is 0. The SMILES string of the molecule is CC(C)CNc1cc(Cl)c(Cl)cc1N=C=O. The quantitative estimate of drug-likeness (QED) is 0.655.